The minimum atomic E-state index is 0.903. The molecule has 0 bridgehead atoms. The van der Waals surface area contributed by atoms with Crippen LogP contribution in [0.5, 0.6) is 0 Å². The summed E-state index contributed by atoms with van der Waals surface area (Å²) in [6.45, 7) is 0. The minimum Gasteiger partial charge on any atom is -0.455 e. The minimum absolute atomic E-state index is 0.903. The van der Waals surface area contributed by atoms with Gasteiger partial charge in [-0.1, -0.05) is 146 Å². The first kappa shape index (κ1) is 30.5. The normalized spacial score (nSPS) is 11.7. The molecule has 252 valence electrons. The topological polar surface area (TPSA) is 16.4 Å². The summed E-state index contributed by atoms with van der Waals surface area (Å²) < 4.78 is 6.52. The van der Waals surface area contributed by atoms with Gasteiger partial charge in [-0.25, -0.2) is 0 Å². The molecular formula is C52H33NO. The maximum atomic E-state index is 6.52. The van der Waals surface area contributed by atoms with Gasteiger partial charge in [-0.3, -0.25) is 0 Å². The number of furan rings is 1. The van der Waals surface area contributed by atoms with Crippen molar-refractivity contribution in [1.82, 2.24) is 0 Å². The van der Waals surface area contributed by atoms with Crippen LogP contribution in [0.3, 0.4) is 0 Å². The molecule has 0 unspecified atom stereocenters. The van der Waals surface area contributed by atoms with E-state index < -0.39 is 0 Å². The Morgan fingerprint density at radius 1 is 0.315 bits per heavy atom. The summed E-state index contributed by atoms with van der Waals surface area (Å²) in [6.07, 6.45) is 0. The molecule has 0 atom stereocenters. The Morgan fingerprint density at radius 3 is 1.65 bits per heavy atom. The number of nitrogens with zero attached hydrogens (tertiary/aromatic N) is 1. The van der Waals surface area contributed by atoms with Crippen molar-refractivity contribution in [3.63, 3.8) is 0 Å². The van der Waals surface area contributed by atoms with E-state index >= 15 is 0 Å². The Morgan fingerprint density at radius 2 is 0.889 bits per heavy atom. The van der Waals surface area contributed by atoms with Gasteiger partial charge in [0.1, 0.15) is 11.2 Å². The van der Waals surface area contributed by atoms with Crippen LogP contribution >= 0.6 is 0 Å². The lowest BCUT2D eigenvalue weighted by molar-refractivity contribution is 0.673. The van der Waals surface area contributed by atoms with Crippen LogP contribution in [-0.4, -0.2) is 0 Å². The zero-order chi connectivity index (χ0) is 35.6. The van der Waals surface area contributed by atoms with Gasteiger partial charge in [-0.15, -0.1) is 0 Å². The van der Waals surface area contributed by atoms with Crippen molar-refractivity contribution in [2.24, 2.45) is 0 Å². The average Bonchev–Trinajstić information content (AvgIpc) is 3.64. The Balaban J connectivity index is 1.03. The number of rotatable bonds is 5. The second-order valence-electron chi connectivity index (χ2n) is 14.1. The number of hydrogen-bond acceptors (Lipinski definition) is 2. The van der Waals surface area contributed by atoms with E-state index in [9.17, 15) is 0 Å². The molecule has 0 amide bonds. The van der Waals surface area contributed by atoms with Gasteiger partial charge in [0, 0.05) is 33.2 Å². The summed E-state index contributed by atoms with van der Waals surface area (Å²) in [5, 5.41) is 12.1. The van der Waals surface area contributed by atoms with Crippen molar-refractivity contribution < 1.29 is 4.42 Å². The molecule has 11 rings (SSSR count). The quantitative estimate of drug-likeness (QED) is 0.168. The van der Waals surface area contributed by atoms with E-state index in [-0.39, 0.29) is 0 Å². The zero-order valence-electron chi connectivity index (χ0n) is 29.4. The largest absolute Gasteiger partial charge is 0.455 e. The van der Waals surface area contributed by atoms with Crippen LogP contribution in [0, 0.1) is 0 Å². The maximum Gasteiger partial charge on any atom is 0.143 e. The van der Waals surface area contributed by atoms with E-state index in [1.807, 2.05) is 0 Å². The van der Waals surface area contributed by atoms with Gasteiger partial charge in [0.2, 0.25) is 0 Å². The summed E-state index contributed by atoms with van der Waals surface area (Å²) in [5.74, 6) is 0. The third kappa shape index (κ3) is 4.88. The molecule has 1 aromatic heterocycles. The average molecular weight is 688 g/mol. The molecule has 2 nitrogen and oxygen atoms in total. The second-order valence-corrected chi connectivity index (χ2v) is 14.1. The zero-order valence-corrected chi connectivity index (χ0v) is 29.4. The highest BCUT2D eigenvalue weighted by molar-refractivity contribution is 6.19. The van der Waals surface area contributed by atoms with Gasteiger partial charge >= 0.3 is 0 Å². The molecule has 2 heteroatoms. The lowest BCUT2D eigenvalue weighted by atomic mass is 9.93. The number of benzene rings is 10. The van der Waals surface area contributed by atoms with Crippen molar-refractivity contribution in [2.75, 3.05) is 4.90 Å². The smallest absolute Gasteiger partial charge is 0.143 e. The molecule has 0 fully saturated rings. The Kier molecular flexibility index (Phi) is 6.90. The number of anilines is 3. The Labute approximate surface area is 312 Å². The molecule has 10 aromatic carbocycles. The third-order valence-electron chi connectivity index (χ3n) is 11.0. The SMILES string of the molecule is c1ccc2cc(N(c3ccc(-c4cc5ccccc5c5ccccc45)cc3)c3ccc(-c4cccc5oc6c7ccccc7ccc6c45)cc3)ccc2c1. The van der Waals surface area contributed by atoms with Gasteiger partial charge < -0.3 is 9.32 Å². The summed E-state index contributed by atoms with van der Waals surface area (Å²) >= 11 is 0. The summed E-state index contributed by atoms with van der Waals surface area (Å²) in [4.78, 5) is 2.36. The molecule has 0 aliphatic heterocycles. The molecular weight excluding hydrogens is 655 g/mol. The first-order chi connectivity index (χ1) is 26.8. The van der Waals surface area contributed by atoms with Gasteiger partial charge in [0.05, 0.1) is 0 Å². The molecule has 0 aliphatic rings. The molecule has 54 heavy (non-hydrogen) atoms. The lowest BCUT2D eigenvalue weighted by Crippen LogP contribution is -2.09. The Bertz CT molecular complexity index is 3210. The predicted molar refractivity (Wildman–Crippen MR) is 229 cm³/mol. The molecule has 11 aromatic rings. The summed E-state index contributed by atoms with van der Waals surface area (Å²) in [7, 11) is 0. The third-order valence-corrected chi connectivity index (χ3v) is 11.0. The van der Waals surface area contributed by atoms with Crippen LogP contribution in [0.15, 0.2) is 205 Å². The van der Waals surface area contributed by atoms with Crippen molar-refractivity contribution in [3.8, 4) is 22.3 Å². The molecule has 1 heterocycles. The van der Waals surface area contributed by atoms with E-state index in [1.54, 1.807) is 0 Å². The predicted octanol–water partition coefficient (Wildman–Crippen LogP) is 15.0. The highest BCUT2D eigenvalue weighted by atomic mass is 16.3. The first-order valence-corrected chi connectivity index (χ1v) is 18.5. The van der Waals surface area contributed by atoms with Gasteiger partial charge in [-0.2, -0.15) is 0 Å². The fourth-order valence-corrected chi connectivity index (χ4v) is 8.43. The molecule has 0 N–H and O–H groups in total. The van der Waals surface area contributed by atoms with E-state index in [0.717, 1.165) is 55.5 Å². The first-order valence-electron chi connectivity index (χ1n) is 18.5. The summed E-state index contributed by atoms with van der Waals surface area (Å²) in [6, 6.07) is 72.3. The molecule has 0 saturated heterocycles. The van der Waals surface area contributed by atoms with Gasteiger partial charge in [0.25, 0.3) is 0 Å². The number of hydrogen-bond donors (Lipinski definition) is 0. The van der Waals surface area contributed by atoms with Crippen LogP contribution in [0.2, 0.25) is 0 Å². The highest BCUT2D eigenvalue weighted by Gasteiger charge is 2.18. The molecule has 0 aliphatic carbocycles. The van der Waals surface area contributed by atoms with Crippen LogP contribution < -0.4 is 4.90 Å². The lowest BCUT2D eigenvalue weighted by Gasteiger charge is -2.26. The Hall–Kier alpha value is -7.16. The molecule has 0 spiro atoms. The van der Waals surface area contributed by atoms with E-state index in [4.69, 9.17) is 4.42 Å². The van der Waals surface area contributed by atoms with Crippen molar-refractivity contribution in [1.29, 1.82) is 0 Å². The highest BCUT2D eigenvalue weighted by Crippen LogP contribution is 2.42. The molecule has 0 saturated carbocycles. The summed E-state index contributed by atoms with van der Waals surface area (Å²) in [5.41, 5.74) is 9.90. The fourth-order valence-electron chi connectivity index (χ4n) is 8.43. The maximum absolute atomic E-state index is 6.52. The van der Waals surface area contributed by atoms with E-state index in [1.165, 1.54) is 48.8 Å². The number of fused-ring (bicyclic) bond motifs is 9. The van der Waals surface area contributed by atoms with Crippen LogP contribution in [0.4, 0.5) is 17.1 Å². The van der Waals surface area contributed by atoms with Crippen LogP contribution in [-0.2, 0) is 0 Å². The standard InChI is InChI=1S/C52H33NO/c1-2-12-38-32-42(30-20-34(38)10-1)53(41-28-23-37(24-29-41)49-33-39-13-4-5-14-43(39)46-16-7-8-17-47(46)49)40-26-21-36(22-27-40)44-18-9-19-50-51(44)48-31-25-35-11-3-6-15-45(35)52(48)54-50/h1-33H. The monoisotopic (exact) mass is 687 g/mol. The second kappa shape index (κ2) is 12.2. The fraction of sp³-hybridized carbons (Fsp3) is 0. The van der Waals surface area contributed by atoms with Crippen molar-refractivity contribution in [3.05, 3.63) is 200 Å². The van der Waals surface area contributed by atoms with Crippen LogP contribution in [0.1, 0.15) is 0 Å². The molecule has 0 radical (unpaired) electrons. The van der Waals surface area contributed by atoms with Crippen molar-refractivity contribution >= 4 is 82.1 Å². The van der Waals surface area contributed by atoms with Gasteiger partial charge in [-0.05, 0) is 115 Å². The van der Waals surface area contributed by atoms with E-state index in [2.05, 4.69) is 205 Å². The van der Waals surface area contributed by atoms with Crippen molar-refractivity contribution in [2.45, 2.75) is 0 Å². The van der Waals surface area contributed by atoms with Crippen LogP contribution in [0.25, 0.3) is 87.3 Å². The van der Waals surface area contributed by atoms with E-state index in [0.29, 0.717) is 0 Å². The van der Waals surface area contributed by atoms with Gasteiger partial charge in [0.15, 0.2) is 0 Å².